The molecular formula is C16H10BrFN4. The van der Waals surface area contributed by atoms with Crippen LogP contribution in [-0.2, 0) is 6.54 Å². The number of nitriles is 1. The van der Waals surface area contributed by atoms with Crippen LogP contribution in [-0.4, -0.2) is 9.97 Å². The van der Waals surface area contributed by atoms with Gasteiger partial charge in [0.1, 0.15) is 11.3 Å². The Kier molecular flexibility index (Phi) is 3.98. The molecule has 4 nitrogen and oxygen atoms in total. The highest BCUT2D eigenvalue weighted by Gasteiger charge is 2.07. The fraction of sp³-hybridized carbons (Fsp3) is 0.0625. The van der Waals surface area contributed by atoms with E-state index in [1.54, 1.807) is 18.5 Å². The van der Waals surface area contributed by atoms with Crippen LogP contribution in [0.2, 0.25) is 0 Å². The topological polar surface area (TPSA) is 61.6 Å². The number of pyridine rings is 2. The summed E-state index contributed by atoms with van der Waals surface area (Å²) >= 11 is 3.35. The molecule has 1 N–H and O–H groups in total. The summed E-state index contributed by atoms with van der Waals surface area (Å²) in [6, 6.07) is 9.96. The molecule has 2 heterocycles. The number of nitrogens with zero attached hydrogens (tertiary/aromatic N) is 3. The molecule has 22 heavy (non-hydrogen) atoms. The average molecular weight is 357 g/mol. The Morgan fingerprint density at radius 1 is 1.23 bits per heavy atom. The quantitative estimate of drug-likeness (QED) is 0.769. The molecule has 0 saturated heterocycles. The molecule has 108 valence electrons. The molecule has 3 aromatic rings. The average Bonchev–Trinajstić information content (AvgIpc) is 2.53. The Bertz CT molecular complexity index is 889. The monoisotopic (exact) mass is 356 g/mol. The minimum atomic E-state index is -0.347. The molecule has 0 aliphatic carbocycles. The second-order valence-electron chi connectivity index (χ2n) is 4.65. The van der Waals surface area contributed by atoms with Gasteiger partial charge in [-0.1, -0.05) is 0 Å². The Morgan fingerprint density at radius 3 is 2.91 bits per heavy atom. The number of benzene rings is 1. The fourth-order valence-corrected chi connectivity index (χ4v) is 2.44. The molecule has 0 bridgehead atoms. The van der Waals surface area contributed by atoms with Gasteiger partial charge >= 0.3 is 0 Å². The third-order valence-electron chi connectivity index (χ3n) is 3.19. The lowest BCUT2D eigenvalue weighted by atomic mass is 10.1. The van der Waals surface area contributed by atoms with Gasteiger partial charge in [-0.15, -0.1) is 0 Å². The van der Waals surface area contributed by atoms with Crippen molar-refractivity contribution in [3.63, 3.8) is 0 Å². The van der Waals surface area contributed by atoms with E-state index in [-0.39, 0.29) is 12.4 Å². The maximum absolute atomic E-state index is 13.8. The largest absolute Gasteiger partial charge is 0.379 e. The van der Waals surface area contributed by atoms with Gasteiger partial charge in [-0.2, -0.15) is 5.26 Å². The first-order chi connectivity index (χ1) is 10.7. The summed E-state index contributed by atoms with van der Waals surface area (Å²) in [5, 5.41) is 12.0. The molecule has 0 saturated carbocycles. The van der Waals surface area contributed by atoms with E-state index in [4.69, 9.17) is 5.26 Å². The third kappa shape index (κ3) is 2.90. The van der Waals surface area contributed by atoms with Crippen LogP contribution in [0.25, 0.3) is 11.0 Å². The number of rotatable bonds is 3. The van der Waals surface area contributed by atoms with Crippen LogP contribution in [0.3, 0.4) is 0 Å². The molecule has 1 aromatic carbocycles. The van der Waals surface area contributed by atoms with E-state index in [0.29, 0.717) is 16.6 Å². The van der Waals surface area contributed by atoms with Gasteiger partial charge in [0.15, 0.2) is 0 Å². The number of hydrogen-bond donors (Lipinski definition) is 1. The standard InChI is InChI=1S/C16H10BrFN4/c17-12-6-15-16(22-9-12)14(3-4-20-15)21-8-11-5-10(7-19)1-2-13(11)18/h1-6,9H,8H2,(H,20,21). The molecule has 0 aliphatic rings. The maximum Gasteiger partial charge on any atom is 0.128 e. The number of halogens is 2. The lowest BCUT2D eigenvalue weighted by molar-refractivity contribution is 0.613. The van der Waals surface area contributed by atoms with Crippen molar-refractivity contribution in [2.24, 2.45) is 0 Å². The minimum Gasteiger partial charge on any atom is -0.379 e. The molecule has 0 amide bonds. The van der Waals surface area contributed by atoms with Crippen LogP contribution in [0.1, 0.15) is 11.1 Å². The highest BCUT2D eigenvalue weighted by Crippen LogP contribution is 2.23. The van der Waals surface area contributed by atoms with Gasteiger partial charge in [0.2, 0.25) is 0 Å². The number of aromatic nitrogens is 2. The van der Waals surface area contributed by atoms with Crippen molar-refractivity contribution in [3.8, 4) is 6.07 Å². The zero-order valence-corrected chi connectivity index (χ0v) is 12.9. The van der Waals surface area contributed by atoms with Gasteiger partial charge in [0.05, 0.1) is 22.8 Å². The van der Waals surface area contributed by atoms with Crippen molar-refractivity contribution in [2.45, 2.75) is 6.54 Å². The summed E-state index contributed by atoms with van der Waals surface area (Å²) in [5.74, 6) is -0.347. The van der Waals surface area contributed by atoms with E-state index in [1.807, 2.05) is 12.1 Å². The Hall–Kier alpha value is -2.52. The molecule has 0 unspecified atom stereocenters. The van der Waals surface area contributed by atoms with E-state index >= 15 is 0 Å². The van der Waals surface area contributed by atoms with Crippen LogP contribution >= 0.6 is 15.9 Å². The van der Waals surface area contributed by atoms with E-state index in [0.717, 1.165) is 15.7 Å². The zero-order chi connectivity index (χ0) is 15.5. The lowest BCUT2D eigenvalue weighted by Crippen LogP contribution is -2.03. The predicted molar refractivity (Wildman–Crippen MR) is 85.7 cm³/mol. The van der Waals surface area contributed by atoms with Crippen molar-refractivity contribution < 1.29 is 4.39 Å². The van der Waals surface area contributed by atoms with Gasteiger partial charge in [-0.25, -0.2) is 4.39 Å². The van der Waals surface area contributed by atoms with E-state index in [1.165, 1.54) is 18.2 Å². The molecule has 0 spiro atoms. The van der Waals surface area contributed by atoms with Gasteiger partial charge < -0.3 is 5.32 Å². The summed E-state index contributed by atoms with van der Waals surface area (Å²) in [5.41, 5.74) is 3.08. The van der Waals surface area contributed by atoms with Crippen LogP contribution in [0.5, 0.6) is 0 Å². The highest BCUT2D eigenvalue weighted by atomic mass is 79.9. The van der Waals surface area contributed by atoms with Gasteiger partial charge in [-0.3, -0.25) is 9.97 Å². The molecule has 0 atom stereocenters. The van der Waals surface area contributed by atoms with Crippen molar-refractivity contribution in [1.29, 1.82) is 5.26 Å². The summed E-state index contributed by atoms with van der Waals surface area (Å²) < 4.78 is 14.6. The molecule has 0 fully saturated rings. The molecule has 2 aromatic heterocycles. The predicted octanol–water partition coefficient (Wildman–Crippen LogP) is 4.02. The number of nitrogens with one attached hydrogen (secondary N) is 1. The minimum absolute atomic E-state index is 0.262. The smallest absolute Gasteiger partial charge is 0.128 e. The zero-order valence-electron chi connectivity index (χ0n) is 11.3. The van der Waals surface area contributed by atoms with E-state index < -0.39 is 0 Å². The molecule has 6 heteroatoms. The van der Waals surface area contributed by atoms with Crippen LogP contribution in [0.4, 0.5) is 10.1 Å². The highest BCUT2D eigenvalue weighted by molar-refractivity contribution is 9.10. The normalized spacial score (nSPS) is 10.4. The summed E-state index contributed by atoms with van der Waals surface area (Å²) in [7, 11) is 0. The first kappa shape index (κ1) is 14.4. The molecular weight excluding hydrogens is 347 g/mol. The van der Waals surface area contributed by atoms with Crippen LogP contribution in [0, 0.1) is 17.1 Å². The van der Waals surface area contributed by atoms with Crippen LogP contribution < -0.4 is 5.32 Å². The van der Waals surface area contributed by atoms with Gasteiger partial charge in [-0.05, 0) is 46.3 Å². The van der Waals surface area contributed by atoms with Crippen molar-refractivity contribution >= 4 is 32.7 Å². The third-order valence-corrected chi connectivity index (χ3v) is 3.62. The fourth-order valence-electron chi connectivity index (χ4n) is 2.12. The second kappa shape index (κ2) is 6.08. The SMILES string of the molecule is N#Cc1ccc(F)c(CNc2ccnc3cc(Br)cnc23)c1. The molecule has 0 radical (unpaired) electrons. The summed E-state index contributed by atoms with van der Waals surface area (Å²) in [6.45, 7) is 0.262. The van der Waals surface area contributed by atoms with Crippen LogP contribution in [0.15, 0.2) is 47.2 Å². The van der Waals surface area contributed by atoms with Crippen molar-refractivity contribution in [1.82, 2.24) is 9.97 Å². The lowest BCUT2D eigenvalue weighted by Gasteiger charge is -2.10. The number of hydrogen-bond acceptors (Lipinski definition) is 4. The van der Waals surface area contributed by atoms with E-state index in [9.17, 15) is 4.39 Å². The van der Waals surface area contributed by atoms with E-state index in [2.05, 4.69) is 31.2 Å². The Labute approximate surface area is 134 Å². The summed E-state index contributed by atoms with van der Waals surface area (Å²) in [6.07, 6.45) is 3.35. The maximum atomic E-state index is 13.8. The first-order valence-electron chi connectivity index (χ1n) is 6.50. The van der Waals surface area contributed by atoms with Crippen molar-refractivity contribution in [2.75, 3.05) is 5.32 Å². The van der Waals surface area contributed by atoms with Gasteiger partial charge in [0.25, 0.3) is 0 Å². The van der Waals surface area contributed by atoms with Crippen molar-refractivity contribution in [3.05, 3.63) is 64.1 Å². The molecule has 3 rings (SSSR count). The Morgan fingerprint density at radius 2 is 2.09 bits per heavy atom. The van der Waals surface area contributed by atoms with Gasteiger partial charge in [0, 0.05) is 29.0 Å². The molecule has 0 aliphatic heterocycles. The first-order valence-corrected chi connectivity index (χ1v) is 7.29. The second-order valence-corrected chi connectivity index (χ2v) is 5.57. The number of anilines is 1. The summed E-state index contributed by atoms with van der Waals surface area (Å²) in [4.78, 5) is 8.58. The Balaban J connectivity index is 1.90. The number of fused-ring (bicyclic) bond motifs is 1.